The third kappa shape index (κ3) is 6.07. The quantitative estimate of drug-likeness (QED) is 0.345. The molecule has 0 fully saturated rings. The first-order valence-electron chi connectivity index (χ1n) is 7.52. The zero-order valence-electron chi connectivity index (χ0n) is 14.7. The molecule has 0 heterocycles. The van der Waals surface area contributed by atoms with E-state index in [0.29, 0.717) is 24.0 Å². The van der Waals surface area contributed by atoms with Crippen molar-refractivity contribution in [3.8, 4) is 11.5 Å². The molecule has 2 rings (SSSR count). The number of methoxy groups -OCH3 is 2. The van der Waals surface area contributed by atoms with Crippen molar-refractivity contribution in [2.24, 2.45) is 4.99 Å². The van der Waals surface area contributed by atoms with Crippen LogP contribution in [0.3, 0.4) is 0 Å². The van der Waals surface area contributed by atoms with Crippen molar-refractivity contribution in [1.82, 2.24) is 5.32 Å². The Bertz CT molecular complexity index is 738. The van der Waals surface area contributed by atoms with E-state index in [-0.39, 0.29) is 24.0 Å². The summed E-state index contributed by atoms with van der Waals surface area (Å²) in [6.07, 6.45) is 0. The molecule has 0 unspecified atom stereocenters. The summed E-state index contributed by atoms with van der Waals surface area (Å²) in [6, 6.07) is 11.9. The van der Waals surface area contributed by atoms with Crippen molar-refractivity contribution in [3.63, 3.8) is 0 Å². The molecule has 25 heavy (non-hydrogen) atoms. The molecule has 5 nitrogen and oxygen atoms in total. The molecule has 0 aromatic heterocycles. The van der Waals surface area contributed by atoms with Crippen LogP contribution in [0.25, 0.3) is 0 Å². The largest absolute Gasteiger partial charge is 0.493 e. The summed E-state index contributed by atoms with van der Waals surface area (Å²) in [5.74, 6) is 2.04. The van der Waals surface area contributed by atoms with Gasteiger partial charge in [-0.05, 0) is 42.3 Å². The lowest BCUT2D eigenvalue weighted by Crippen LogP contribution is -2.30. The van der Waals surface area contributed by atoms with Crippen LogP contribution >= 0.6 is 39.9 Å². The first kappa shape index (κ1) is 21.6. The Morgan fingerprint density at radius 2 is 1.80 bits per heavy atom. The summed E-state index contributed by atoms with van der Waals surface area (Å²) in [7, 11) is 4.97. The molecule has 2 aromatic carbocycles. The average molecular weight is 520 g/mol. The minimum absolute atomic E-state index is 0. The van der Waals surface area contributed by atoms with Crippen molar-refractivity contribution >= 4 is 51.6 Å². The minimum Gasteiger partial charge on any atom is -0.493 e. The molecule has 0 bridgehead atoms. The fourth-order valence-corrected chi connectivity index (χ4v) is 2.74. The lowest BCUT2D eigenvalue weighted by molar-refractivity contribution is 0.355. The second kappa shape index (κ2) is 10.5. The van der Waals surface area contributed by atoms with Crippen LogP contribution in [0.1, 0.15) is 11.1 Å². The van der Waals surface area contributed by atoms with Gasteiger partial charge in [0.05, 0.1) is 14.2 Å². The molecule has 0 radical (unpaired) electrons. The summed E-state index contributed by atoms with van der Waals surface area (Å²) in [5, 5.41) is 6.56. The van der Waals surface area contributed by atoms with Gasteiger partial charge >= 0.3 is 0 Å². The van der Waals surface area contributed by atoms with Crippen LogP contribution < -0.4 is 20.1 Å². The van der Waals surface area contributed by atoms with Crippen LogP contribution in [0.5, 0.6) is 11.5 Å². The van der Waals surface area contributed by atoms with Gasteiger partial charge in [-0.2, -0.15) is 0 Å². The van der Waals surface area contributed by atoms with Crippen LogP contribution in [-0.2, 0) is 6.54 Å². The lowest BCUT2D eigenvalue weighted by Gasteiger charge is -2.15. The van der Waals surface area contributed by atoms with E-state index >= 15 is 0 Å². The van der Waals surface area contributed by atoms with E-state index < -0.39 is 0 Å². The van der Waals surface area contributed by atoms with Crippen LogP contribution in [0.2, 0.25) is 0 Å². The molecule has 136 valence electrons. The molecule has 0 aliphatic carbocycles. The highest BCUT2D eigenvalue weighted by molar-refractivity contribution is 14.0. The maximum Gasteiger partial charge on any atom is 0.195 e. The summed E-state index contributed by atoms with van der Waals surface area (Å²) in [5.41, 5.74) is 3.31. The number of aryl methyl sites for hydroxylation is 1. The van der Waals surface area contributed by atoms with E-state index in [1.807, 2.05) is 24.3 Å². The average Bonchev–Trinajstić information content (AvgIpc) is 2.59. The molecule has 0 atom stereocenters. The van der Waals surface area contributed by atoms with Crippen LogP contribution in [-0.4, -0.2) is 27.2 Å². The van der Waals surface area contributed by atoms with Gasteiger partial charge in [-0.25, -0.2) is 0 Å². The normalized spacial score (nSPS) is 10.7. The molecule has 0 amide bonds. The monoisotopic (exact) mass is 519 g/mol. The standard InChI is InChI=1S/C18H22BrN3O2.HI/c1-12-9-14(19)6-5-13(12)11-21-18(20-2)22-15-7-8-16(23-3)17(10-15)24-4;/h5-10H,11H2,1-4H3,(H2,20,21,22);1H. The van der Waals surface area contributed by atoms with E-state index in [9.17, 15) is 0 Å². The van der Waals surface area contributed by atoms with Crippen molar-refractivity contribution in [3.05, 3.63) is 52.0 Å². The van der Waals surface area contributed by atoms with E-state index in [4.69, 9.17) is 9.47 Å². The van der Waals surface area contributed by atoms with E-state index in [0.717, 1.165) is 10.2 Å². The molecule has 0 aliphatic heterocycles. The van der Waals surface area contributed by atoms with Gasteiger partial charge in [0, 0.05) is 29.8 Å². The Balaban J connectivity index is 0.00000312. The van der Waals surface area contributed by atoms with Gasteiger partial charge in [-0.1, -0.05) is 22.0 Å². The number of nitrogens with one attached hydrogen (secondary N) is 2. The molecule has 0 saturated heterocycles. The van der Waals surface area contributed by atoms with E-state index in [1.54, 1.807) is 21.3 Å². The summed E-state index contributed by atoms with van der Waals surface area (Å²) >= 11 is 3.48. The summed E-state index contributed by atoms with van der Waals surface area (Å²) < 4.78 is 11.6. The van der Waals surface area contributed by atoms with Crippen LogP contribution in [0.15, 0.2) is 45.9 Å². The number of guanidine groups is 1. The number of rotatable bonds is 5. The summed E-state index contributed by atoms with van der Waals surface area (Å²) in [4.78, 5) is 4.26. The Labute approximate surface area is 174 Å². The van der Waals surface area contributed by atoms with Crippen LogP contribution in [0.4, 0.5) is 5.69 Å². The molecule has 7 heteroatoms. The number of nitrogens with zero attached hydrogens (tertiary/aromatic N) is 1. The number of halogens is 2. The number of hydrogen-bond acceptors (Lipinski definition) is 3. The molecule has 2 aromatic rings. The maximum atomic E-state index is 5.32. The predicted molar refractivity (Wildman–Crippen MR) is 118 cm³/mol. The highest BCUT2D eigenvalue weighted by atomic mass is 127. The van der Waals surface area contributed by atoms with Crippen molar-refractivity contribution in [1.29, 1.82) is 0 Å². The predicted octanol–water partition coefficient (Wildman–Crippen LogP) is 4.58. The van der Waals surface area contributed by atoms with Crippen LogP contribution in [0, 0.1) is 6.92 Å². The number of ether oxygens (including phenoxy) is 2. The van der Waals surface area contributed by atoms with Gasteiger partial charge in [0.15, 0.2) is 17.5 Å². The SMILES string of the molecule is CN=C(NCc1ccc(Br)cc1C)Nc1ccc(OC)c(OC)c1.I. The molecular weight excluding hydrogens is 497 g/mol. The second-order valence-electron chi connectivity index (χ2n) is 5.19. The number of hydrogen-bond donors (Lipinski definition) is 2. The van der Waals surface area contributed by atoms with Gasteiger partial charge in [0.25, 0.3) is 0 Å². The zero-order chi connectivity index (χ0) is 17.5. The van der Waals surface area contributed by atoms with Crippen molar-refractivity contribution in [2.45, 2.75) is 13.5 Å². The van der Waals surface area contributed by atoms with Gasteiger partial charge in [0.1, 0.15) is 0 Å². The Kier molecular flexibility index (Phi) is 9.05. The third-order valence-corrected chi connectivity index (χ3v) is 4.11. The Morgan fingerprint density at radius 1 is 1.08 bits per heavy atom. The van der Waals surface area contributed by atoms with Gasteiger partial charge in [-0.15, -0.1) is 24.0 Å². The minimum atomic E-state index is 0. The number of aliphatic imine (C=N–C) groups is 1. The highest BCUT2D eigenvalue weighted by Crippen LogP contribution is 2.29. The Hall–Kier alpha value is -1.48. The first-order valence-corrected chi connectivity index (χ1v) is 8.31. The van der Waals surface area contributed by atoms with Crippen molar-refractivity contribution < 1.29 is 9.47 Å². The van der Waals surface area contributed by atoms with Gasteiger partial charge < -0.3 is 20.1 Å². The molecule has 0 saturated carbocycles. The zero-order valence-corrected chi connectivity index (χ0v) is 18.6. The highest BCUT2D eigenvalue weighted by Gasteiger charge is 2.07. The topological polar surface area (TPSA) is 54.9 Å². The maximum absolute atomic E-state index is 5.32. The molecule has 0 aliphatic rings. The third-order valence-electron chi connectivity index (χ3n) is 3.62. The number of benzene rings is 2. The van der Waals surface area contributed by atoms with E-state index in [1.165, 1.54) is 11.1 Å². The lowest BCUT2D eigenvalue weighted by atomic mass is 10.1. The second-order valence-corrected chi connectivity index (χ2v) is 6.11. The Morgan fingerprint density at radius 3 is 2.40 bits per heavy atom. The van der Waals surface area contributed by atoms with E-state index in [2.05, 4.69) is 50.6 Å². The van der Waals surface area contributed by atoms with Crippen molar-refractivity contribution in [2.75, 3.05) is 26.6 Å². The smallest absolute Gasteiger partial charge is 0.195 e. The molecule has 2 N–H and O–H groups in total. The molecular formula is C18H23BrIN3O2. The fraction of sp³-hybridized carbons (Fsp3) is 0.278. The molecule has 0 spiro atoms. The fourth-order valence-electron chi connectivity index (χ4n) is 2.27. The summed E-state index contributed by atoms with van der Waals surface area (Å²) in [6.45, 7) is 2.78. The van der Waals surface area contributed by atoms with Gasteiger partial charge in [0.2, 0.25) is 0 Å². The number of anilines is 1. The first-order chi connectivity index (χ1) is 11.6. The van der Waals surface area contributed by atoms with Gasteiger partial charge in [-0.3, -0.25) is 4.99 Å².